The number of hydrogen-bond acceptors (Lipinski definition) is 4. The number of guanidine groups is 1. The van der Waals surface area contributed by atoms with Gasteiger partial charge in [0.25, 0.3) is 0 Å². The zero-order valence-corrected chi connectivity index (χ0v) is 17.9. The van der Waals surface area contributed by atoms with Crippen molar-refractivity contribution in [3.8, 4) is 0 Å². The van der Waals surface area contributed by atoms with E-state index in [9.17, 15) is 5.11 Å². The molecule has 2 heterocycles. The van der Waals surface area contributed by atoms with Crippen molar-refractivity contribution in [3.63, 3.8) is 0 Å². The maximum Gasteiger partial charge on any atom is 0.191 e. The molecule has 3 N–H and O–H groups in total. The van der Waals surface area contributed by atoms with Crippen LogP contribution in [0, 0.1) is 0 Å². The third kappa shape index (κ3) is 6.34. The van der Waals surface area contributed by atoms with Gasteiger partial charge in [0.2, 0.25) is 0 Å². The Bertz CT molecular complexity index is 595. The third-order valence-electron chi connectivity index (χ3n) is 5.65. The van der Waals surface area contributed by atoms with Gasteiger partial charge in [0, 0.05) is 36.6 Å². The van der Waals surface area contributed by atoms with Crippen molar-refractivity contribution in [3.05, 3.63) is 21.3 Å². The van der Waals surface area contributed by atoms with Gasteiger partial charge in [-0.05, 0) is 44.7 Å². The zero-order valence-electron chi connectivity index (χ0n) is 16.3. The van der Waals surface area contributed by atoms with Gasteiger partial charge in [-0.2, -0.15) is 0 Å². The van der Waals surface area contributed by atoms with Crippen LogP contribution in [-0.4, -0.2) is 54.2 Å². The molecule has 1 aromatic heterocycles. The van der Waals surface area contributed by atoms with Crippen molar-refractivity contribution in [2.24, 2.45) is 4.99 Å². The van der Waals surface area contributed by atoms with Crippen LogP contribution in [0.3, 0.4) is 0 Å². The van der Waals surface area contributed by atoms with Crippen molar-refractivity contribution < 1.29 is 5.11 Å². The summed E-state index contributed by atoms with van der Waals surface area (Å²) >= 11 is 7.37. The summed E-state index contributed by atoms with van der Waals surface area (Å²) in [4.78, 5) is 8.16. The van der Waals surface area contributed by atoms with Crippen LogP contribution in [0.15, 0.2) is 17.1 Å². The second-order valence-electron chi connectivity index (χ2n) is 7.62. The predicted molar refractivity (Wildman–Crippen MR) is 115 cm³/mol. The van der Waals surface area contributed by atoms with Crippen molar-refractivity contribution >= 4 is 28.9 Å². The topological polar surface area (TPSA) is 59.9 Å². The number of rotatable bonds is 6. The van der Waals surface area contributed by atoms with Gasteiger partial charge in [-0.15, -0.1) is 11.3 Å². The molecule has 1 saturated carbocycles. The van der Waals surface area contributed by atoms with Gasteiger partial charge < -0.3 is 20.6 Å². The Balaban J connectivity index is 1.47. The first kappa shape index (κ1) is 20.9. The summed E-state index contributed by atoms with van der Waals surface area (Å²) in [6.45, 7) is 5.58. The van der Waals surface area contributed by atoms with E-state index in [2.05, 4.69) is 27.4 Å². The number of nitrogens with zero attached hydrogens (tertiary/aromatic N) is 2. The summed E-state index contributed by atoms with van der Waals surface area (Å²) in [6, 6.07) is 4.96. The molecule has 3 rings (SSSR count). The summed E-state index contributed by atoms with van der Waals surface area (Å²) in [5, 5.41) is 17.2. The highest BCUT2D eigenvalue weighted by atomic mass is 35.5. The number of thiophene rings is 1. The predicted octanol–water partition coefficient (Wildman–Crippen LogP) is 3.79. The molecular formula is C20H33ClN4OS. The smallest absolute Gasteiger partial charge is 0.191 e. The maximum atomic E-state index is 10.3. The first-order chi connectivity index (χ1) is 13.2. The average molecular weight is 413 g/mol. The average Bonchev–Trinajstić information content (AvgIpc) is 3.14. The largest absolute Gasteiger partial charge is 0.386 e. The summed E-state index contributed by atoms with van der Waals surface area (Å²) in [7, 11) is 0. The molecule has 0 aromatic carbocycles. The van der Waals surface area contributed by atoms with Gasteiger partial charge in [-0.25, -0.2) is 0 Å². The van der Waals surface area contributed by atoms with E-state index in [-0.39, 0.29) is 0 Å². The summed E-state index contributed by atoms with van der Waals surface area (Å²) in [5.41, 5.74) is 0. The molecule has 1 aliphatic heterocycles. The fourth-order valence-corrected chi connectivity index (χ4v) is 5.18. The monoisotopic (exact) mass is 412 g/mol. The van der Waals surface area contributed by atoms with Crippen LogP contribution in [0.25, 0.3) is 0 Å². The van der Waals surface area contributed by atoms with Gasteiger partial charge >= 0.3 is 0 Å². The maximum absolute atomic E-state index is 10.3. The first-order valence-electron chi connectivity index (χ1n) is 10.4. The third-order valence-corrected chi connectivity index (χ3v) is 6.98. The van der Waals surface area contributed by atoms with Gasteiger partial charge in [0.1, 0.15) is 6.10 Å². The fraction of sp³-hybridized carbons (Fsp3) is 0.750. The molecule has 1 aromatic rings. The van der Waals surface area contributed by atoms with Crippen molar-refractivity contribution in [1.82, 2.24) is 15.5 Å². The minimum absolute atomic E-state index is 0.340. The van der Waals surface area contributed by atoms with Gasteiger partial charge in [0.05, 0.1) is 10.9 Å². The lowest BCUT2D eigenvalue weighted by Crippen LogP contribution is -2.51. The SMILES string of the molecule is CCNC(=NCC(O)c1ccc(Cl)s1)NC1CCN(C2CCCCC2)CC1. The number of aliphatic imine (C=N–C) groups is 1. The number of halogens is 1. The number of aliphatic hydroxyl groups is 1. The molecule has 0 radical (unpaired) electrons. The van der Waals surface area contributed by atoms with Crippen LogP contribution >= 0.6 is 22.9 Å². The van der Waals surface area contributed by atoms with Crippen LogP contribution in [0.1, 0.15) is 62.9 Å². The molecule has 2 aliphatic rings. The lowest BCUT2D eigenvalue weighted by Gasteiger charge is -2.39. The first-order valence-corrected chi connectivity index (χ1v) is 11.6. The van der Waals surface area contributed by atoms with Gasteiger partial charge in [-0.3, -0.25) is 4.99 Å². The van der Waals surface area contributed by atoms with E-state index in [1.807, 2.05) is 12.1 Å². The van der Waals surface area contributed by atoms with E-state index in [4.69, 9.17) is 11.6 Å². The van der Waals surface area contributed by atoms with E-state index >= 15 is 0 Å². The minimum Gasteiger partial charge on any atom is -0.386 e. The molecule has 1 atom stereocenters. The van der Waals surface area contributed by atoms with Crippen LogP contribution in [0.5, 0.6) is 0 Å². The molecular weight excluding hydrogens is 380 g/mol. The summed E-state index contributed by atoms with van der Waals surface area (Å²) in [5.74, 6) is 0.801. The summed E-state index contributed by atoms with van der Waals surface area (Å²) < 4.78 is 0.697. The van der Waals surface area contributed by atoms with Crippen LogP contribution in [0.4, 0.5) is 0 Å². The molecule has 0 spiro atoms. The van der Waals surface area contributed by atoms with E-state index in [0.717, 1.165) is 36.3 Å². The molecule has 0 amide bonds. The van der Waals surface area contributed by atoms with Gasteiger partial charge in [0.15, 0.2) is 5.96 Å². The number of piperidine rings is 1. The number of hydrogen-bond donors (Lipinski definition) is 3. The molecule has 1 saturated heterocycles. The number of likely N-dealkylation sites (tertiary alicyclic amines) is 1. The lowest BCUT2D eigenvalue weighted by atomic mass is 9.92. The number of nitrogens with one attached hydrogen (secondary N) is 2. The van der Waals surface area contributed by atoms with Gasteiger partial charge in [-0.1, -0.05) is 30.9 Å². The summed E-state index contributed by atoms with van der Waals surface area (Å²) in [6.07, 6.45) is 8.69. The van der Waals surface area contributed by atoms with Crippen LogP contribution < -0.4 is 10.6 Å². The standard InChI is InChI=1S/C20H33ClN4OS/c1-2-22-20(23-14-17(26)18-8-9-19(21)27-18)24-15-10-12-25(13-11-15)16-6-4-3-5-7-16/h8-9,15-17,26H,2-7,10-14H2,1H3,(H2,22,23,24). The van der Waals surface area contributed by atoms with Crippen LogP contribution in [0.2, 0.25) is 4.34 Å². The van der Waals surface area contributed by atoms with Crippen molar-refractivity contribution in [2.75, 3.05) is 26.2 Å². The van der Waals surface area contributed by atoms with Crippen LogP contribution in [-0.2, 0) is 0 Å². The minimum atomic E-state index is -0.605. The molecule has 1 unspecified atom stereocenters. The Morgan fingerprint density at radius 3 is 2.63 bits per heavy atom. The Morgan fingerprint density at radius 1 is 1.26 bits per heavy atom. The number of aliphatic hydroxyl groups excluding tert-OH is 1. The Hall–Kier alpha value is -0.820. The van der Waals surface area contributed by atoms with Crippen molar-refractivity contribution in [1.29, 1.82) is 0 Å². The molecule has 7 heteroatoms. The Morgan fingerprint density at radius 2 is 2.00 bits per heavy atom. The molecule has 152 valence electrons. The highest BCUT2D eigenvalue weighted by Gasteiger charge is 2.26. The Kier molecular flexibility index (Phi) is 8.24. The van der Waals surface area contributed by atoms with E-state index in [1.165, 1.54) is 56.5 Å². The van der Waals surface area contributed by atoms with E-state index in [1.54, 1.807) is 0 Å². The van der Waals surface area contributed by atoms with E-state index in [0.29, 0.717) is 16.9 Å². The molecule has 0 bridgehead atoms. The Labute approximate surface area is 172 Å². The van der Waals surface area contributed by atoms with Crippen molar-refractivity contribution in [2.45, 2.75) is 70.1 Å². The normalized spacial score (nSPS) is 22.0. The van der Waals surface area contributed by atoms with E-state index < -0.39 is 6.10 Å². The second kappa shape index (κ2) is 10.6. The second-order valence-corrected chi connectivity index (χ2v) is 9.37. The molecule has 1 aliphatic carbocycles. The lowest BCUT2D eigenvalue weighted by molar-refractivity contribution is 0.119. The zero-order chi connectivity index (χ0) is 19.1. The molecule has 5 nitrogen and oxygen atoms in total. The quantitative estimate of drug-likeness (QED) is 0.491. The highest BCUT2D eigenvalue weighted by Crippen LogP contribution is 2.27. The fourth-order valence-electron chi connectivity index (χ4n) is 4.14. The highest BCUT2D eigenvalue weighted by molar-refractivity contribution is 7.16. The molecule has 2 fully saturated rings. The molecule has 27 heavy (non-hydrogen) atoms.